The Labute approximate surface area is 106 Å². The molecule has 0 aliphatic heterocycles. The standard InChI is InChI=1S/C15H15N3/c1-10-7-8-13-12(9-10)15(18-16)14(17-13)11-5-3-2-4-6-11/h2-9,17-18H,16H2,1H3. The third-order valence-corrected chi connectivity index (χ3v) is 3.16. The Balaban J connectivity index is 2.30. The number of hydrogen-bond acceptors (Lipinski definition) is 2. The first-order chi connectivity index (χ1) is 8.79. The van der Waals surface area contributed by atoms with Gasteiger partial charge in [-0.1, -0.05) is 42.0 Å². The lowest BCUT2D eigenvalue weighted by atomic mass is 10.1. The largest absolute Gasteiger partial charge is 0.353 e. The molecule has 0 atom stereocenters. The second kappa shape index (κ2) is 4.20. The van der Waals surface area contributed by atoms with E-state index in [0.29, 0.717) is 0 Å². The predicted octanol–water partition coefficient (Wildman–Crippen LogP) is 3.43. The van der Waals surface area contributed by atoms with Crippen LogP contribution in [-0.2, 0) is 0 Å². The monoisotopic (exact) mass is 237 g/mol. The lowest BCUT2D eigenvalue weighted by Gasteiger charge is -2.03. The van der Waals surface area contributed by atoms with Crippen molar-refractivity contribution < 1.29 is 0 Å². The Morgan fingerprint density at radius 2 is 1.83 bits per heavy atom. The molecule has 18 heavy (non-hydrogen) atoms. The number of rotatable bonds is 2. The molecule has 0 amide bonds. The molecule has 3 nitrogen and oxygen atoms in total. The summed E-state index contributed by atoms with van der Waals surface area (Å²) in [5.41, 5.74) is 8.22. The summed E-state index contributed by atoms with van der Waals surface area (Å²) in [6.45, 7) is 2.08. The molecule has 90 valence electrons. The predicted molar refractivity (Wildman–Crippen MR) is 76.3 cm³/mol. The van der Waals surface area contributed by atoms with Crippen molar-refractivity contribution in [2.45, 2.75) is 6.92 Å². The van der Waals surface area contributed by atoms with E-state index in [0.717, 1.165) is 27.8 Å². The molecule has 0 radical (unpaired) electrons. The molecular weight excluding hydrogens is 222 g/mol. The van der Waals surface area contributed by atoms with E-state index in [1.807, 2.05) is 18.2 Å². The van der Waals surface area contributed by atoms with Gasteiger partial charge in [0.25, 0.3) is 0 Å². The average Bonchev–Trinajstić information content (AvgIpc) is 2.77. The van der Waals surface area contributed by atoms with Crippen molar-refractivity contribution in [2.75, 3.05) is 5.43 Å². The molecule has 2 aromatic carbocycles. The van der Waals surface area contributed by atoms with Crippen LogP contribution >= 0.6 is 0 Å². The maximum Gasteiger partial charge on any atom is 0.0822 e. The summed E-state index contributed by atoms with van der Waals surface area (Å²) in [6, 6.07) is 16.5. The minimum atomic E-state index is 0.944. The van der Waals surface area contributed by atoms with Crippen molar-refractivity contribution in [3.63, 3.8) is 0 Å². The highest BCUT2D eigenvalue weighted by atomic mass is 15.2. The van der Waals surface area contributed by atoms with Gasteiger partial charge in [-0.05, 0) is 19.1 Å². The first-order valence-corrected chi connectivity index (χ1v) is 5.94. The minimum Gasteiger partial charge on any atom is -0.353 e. The first-order valence-electron chi connectivity index (χ1n) is 5.94. The molecule has 0 saturated heterocycles. The zero-order valence-electron chi connectivity index (χ0n) is 10.2. The van der Waals surface area contributed by atoms with Crippen LogP contribution < -0.4 is 11.3 Å². The topological polar surface area (TPSA) is 53.8 Å². The Kier molecular flexibility index (Phi) is 2.54. The summed E-state index contributed by atoms with van der Waals surface area (Å²) >= 11 is 0. The van der Waals surface area contributed by atoms with Gasteiger partial charge >= 0.3 is 0 Å². The van der Waals surface area contributed by atoms with Gasteiger partial charge in [0.2, 0.25) is 0 Å². The summed E-state index contributed by atoms with van der Waals surface area (Å²) in [7, 11) is 0. The molecule has 1 aromatic heterocycles. The van der Waals surface area contributed by atoms with Crippen molar-refractivity contribution in [1.82, 2.24) is 4.98 Å². The Morgan fingerprint density at radius 1 is 1.06 bits per heavy atom. The molecule has 0 fully saturated rings. The van der Waals surface area contributed by atoms with E-state index in [2.05, 4.69) is 47.7 Å². The number of nitrogens with two attached hydrogens (primary N) is 1. The van der Waals surface area contributed by atoms with E-state index in [1.165, 1.54) is 5.56 Å². The van der Waals surface area contributed by atoms with Gasteiger partial charge in [-0.25, -0.2) is 0 Å². The molecule has 0 bridgehead atoms. The fourth-order valence-electron chi connectivity index (χ4n) is 2.28. The zero-order chi connectivity index (χ0) is 12.5. The fraction of sp³-hybridized carbons (Fsp3) is 0.0667. The number of hydrazine groups is 1. The summed E-state index contributed by atoms with van der Waals surface area (Å²) in [6.07, 6.45) is 0. The highest BCUT2D eigenvalue weighted by Crippen LogP contribution is 2.34. The number of anilines is 1. The van der Waals surface area contributed by atoms with Crippen molar-refractivity contribution in [3.05, 3.63) is 54.1 Å². The Morgan fingerprint density at radius 3 is 2.56 bits per heavy atom. The Bertz CT molecular complexity index is 684. The van der Waals surface area contributed by atoms with E-state index >= 15 is 0 Å². The van der Waals surface area contributed by atoms with E-state index < -0.39 is 0 Å². The van der Waals surface area contributed by atoms with Crippen molar-refractivity contribution in [2.24, 2.45) is 5.84 Å². The number of aromatic nitrogens is 1. The lowest BCUT2D eigenvalue weighted by Crippen LogP contribution is -2.07. The molecule has 0 aliphatic rings. The number of fused-ring (bicyclic) bond motifs is 1. The van der Waals surface area contributed by atoms with Gasteiger partial charge in [-0.2, -0.15) is 0 Å². The molecular formula is C15H15N3. The molecule has 0 aliphatic carbocycles. The number of aryl methyl sites for hydroxylation is 1. The Hall–Kier alpha value is -2.26. The normalized spacial score (nSPS) is 10.8. The number of hydrogen-bond donors (Lipinski definition) is 3. The second-order valence-corrected chi connectivity index (χ2v) is 4.43. The quantitative estimate of drug-likeness (QED) is 0.472. The van der Waals surface area contributed by atoms with E-state index in [1.54, 1.807) is 0 Å². The average molecular weight is 237 g/mol. The van der Waals surface area contributed by atoms with Crippen LogP contribution in [0.15, 0.2) is 48.5 Å². The highest BCUT2D eigenvalue weighted by Gasteiger charge is 2.11. The van der Waals surface area contributed by atoms with Crippen LogP contribution in [0.25, 0.3) is 22.2 Å². The van der Waals surface area contributed by atoms with Crippen LogP contribution in [0, 0.1) is 6.92 Å². The number of aromatic amines is 1. The molecule has 3 rings (SSSR count). The van der Waals surface area contributed by atoms with Crippen LogP contribution in [0.4, 0.5) is 5.69 Å². The van der Waals surface area contributed by atoms with E-state index in [9.17, 15) is 0 Å². The van der Waals surface area contributed by atoms with Crippen molar-refractivity contribution in [1.29, 1.82) is 0 Å². The van der Waals surface area contributed by atoms with Gasteiger partial charge < -0.3 is 10.4 Å². The SMILES string of the molecule is Cc1ccc2[nH]c(-c3ccccc3)c(NN)c2c1. The molecule has 0 unspecified atom stereocenters. The molecule has 3 aromatic rings. The third-order valence-electron chi connectivity index (χ3n) is 3.16. The number of nitrogen functional groups attached to an aromatic ring is 1. The number of H-pyrrole nitrogens is 1. The second-order valence-electron chi connectivity index (χ2n) is 4.43. The molecule has 3 heteroatoms. The van der Waals surface area contributed by atoms with Crippen LogP contribution in [-0.4, -0.2) is 4.98 Å². The summed E-state index contributed by atoms with van der Waals surface area (Å²) < 4.78 is 0. The van der Waals surface area contributed by atoms with Gasteiger partial charge in [-0.15, -0.1) is 0 Å². The van der Waals surface area contributed by atoms with Crippen LogP contribution in [0.3, 0.4) is 0 Å². The first kappa shape index (κ1) is 10.9. The van der Waals surface area contributed by atoms with Gasteiger partial charge in [0.1, 0.15) is 0 Å². The van der Waals surface area contributed by atoms with Crippen molar-refractivity contribution >= 4 is 16.6 Å². The lowest BCUT2D eigenvalue weighted by molar-refractivity contribution is 1.35. The summed E-state index contributed by atoms with van der Waals surface area (Å²) in [4.78, 5) is 3.42. The van der Waals surface area contributed by atoms with Crippen LogP contribution in [0.2, 0.25) is 0 Å². The minimum absolute atomic E-state index is 0.944. The van der Waals surface area contributed by atoms with E-state index in [-0.39, 0.29) is 0 Å². The summed E-state index contributed by atoms with van der Waals surface area (Å²) in [5.74, 6) is 5.68. The van der Waals surface area contributed by atoms with Crippen molar-refractivity contribution in [3.8, 4) is 11.3 Å². The fourth-order valence-corrected chi connectivity index (χ4v) is 2.28. The molecule has 4 N–H and O–H groups in total. The number of benzene rings is 2. The van der Waals surface area contributed by atoms with E-state index in [4.69, 9.17) is 5.84 Å². The van der Waals surface area contributed by atoms with Gasteiger partial charge in [0.15, 0.2) is 0 Å². The molecule has 0 spiro atoms. The smallest absolute Gasteiger partial charge is 0.0822 e. The zero-order valence-corrected chi connectivity index (χ0v) is 10.2. The van der Waals surface area contributed by atoms with Crippen LogP contribution in [0.5, 0.6) is 0 Å². The maximum absolute atomic E-state index is 5.68. The summed E-state index contributed by atoms with van der Waals surface area (Å²) in [5, 5.41) is 1.12. The van der Waals surface area contributed by atoms with Gasteiger partial charge in [0, 0.05) is 16.5 Å². The van der Waals surface area contributed by atoms with Gasteiger partial charge in [0.05, 0.1) is 11.4 Å². The van der Waals surface area contributed by atoms with Gasteiger partial charge in [-0.3, -0.25) is 5.84 Å². The highest BCUT2D eigenvalue weighted by molar-refractivity contribution is 6.01. The molecule has 0 saturated carbocycles. The number of nitrogens with one attached hydrogen (secondary N) is 2. The maximum atomic E-state index is 5.68. The molecule has 1 heterocycles. The van der Waals surface area contributed by atoms with Crippen LogP contribution in [0.1, 0.15) is 5.56 Å². The third kappa shape index (κ3) is 1.65.